The zero-order chi connectivity index (χ0) is 13.9. The first-order valence-electron chi connectivity index (χ1n) is 7.00. The van der Waals surface area contributed by atoms with Crippen LogP contribution in [0.15, 0.2) is 16.6 Å². The van der Waals surface area contributed by atoms with Crippen LogP contribution in [0.5, 0.6) is 5.75 Å². The van der Waals surface area contributed by atoms with Crippen LogP contribution in [0, 0.1) is 0 Å². The molecule has 1 unspecified atom stereocenters. The third-order valence-corrected chi connectivity index (χ3v) is 4.13. The first-order valence-corrected chi connectivity index (χ1v) is 7.80. The van der Waals surface area contributed by atoms with Crippen molar-refractivity contribution < 1.29 is 14.3 Å². The number of rotatable bonds is 4. The summed E-state index contributed by atoms with van der Waals surface area (Å²) in [6.45, 7) is 3.03. The maximum absolute atomic E-state index is 12.2. The van der Waals surface area contributed by atoms with Gasteiger partial charge in [-0.2, -0.15) is 0 Å². The van der Waals surface area contributed by atoms with Gasteiger partial charge in [-0.25, -0.2) is 0 Å². The summed E-state index contributed by atoms with van der Waals surface area (Å²) in [6.07, 6.45) is 1.82. The smallest absolute Gasteiger partial charge is 0.140 e. The van der Waals surface area contributed by atoms with Crippen LogP contribution in [0.3, 0.4) is 0 Å². The van der Waals surface area contributed by atoms with Crippen LogP contribution < -0.4 is 10.1 Å². The van der Waals surface area contributed by atoms with Crippen molar-refractivity contribution in [1.29, 1.82) is 0 Å². The molecule has 0 amide bonds. The predicted molar refractivity (Wildman–Crippen MR) is 79.3 cm³/mol. The van der Waals surface area contributed by atoms with Crippen molar-refractivity contribution in [2.75, 3.05) is 26.3 Å². The number of carbonyl (C=O) groups excluding carboxylic acids is 1. The molecule has 0 saturated carbocycles. The predicted octanol–water partition coefficient (Wildman–Crippen LogP) is 1.87. The van der Waals surface area contributed by atoms with Gasteiger partial charge in [0.05, 0.1) is 19.3 Å². The summed E-state index contributed by atoms with van der Waals surface area (Å²) in [5.41, 5.74) is 2.18. The minimum atomic E-state index is 0.0115. The molecule has 2 aliphatic heterocycles. The van der Waals surface area contributed by atoms with Gasteiger partial charge in [-0.15, -0.1) is 0 Å². The minimum absolute atomic E-state index is 0.0115. The van der Waals surface area contributed by atoms with Gasteiger partial charge in [0.25, 0.3) is 0 Å². The molecule has 0 bridgehead atoms. The molecule has 3 rings (SSSR count). The molecule has 4 nitrogen and oxygen atoms in total. The van der Waals surface area contributed by atoms with Crippen LogP contribution in [0.4, 0.5) is 0 Å². The Morgan fingerprint density at radius 1 is 1.40 bits per heavy atom. The largest absolute Gasteiger partial charge is 0.493 e. The molecule has 1 fully saturated rings. The zero-order valence-electron chi connectivity index (χ0n) is 11.3. The first kappa shape index (κ1) is 14.0. The molecule has 1 saturated heterocycles. The quantitative estimate of drug-likeness (QED) is 0.909. The number of halogens is 1. The summed E-state index contributed by atoms with van der Waals surface area (Å²) < 4.78 is 12.3. The Labute approximate surface area is 127 Å². The molecule has 0 spiro atoms. The molecule has 0 aromatic heterocycles. The van der Waals surface area contributed by atoms with Gasteiger partial charge in [-0.3, -0.25) is 4.79 Å². The SMILES string of the molecule is O=C(Cc1cc(Br)cc2c1OCC2)CC1CNCCO1. The molecular formula is C15H18BrNO3. The number of nitrogens with one attached hydrogen (secondary N) is 1. The monoisotopic (exact) mass is 339 g/mol. The molecule has 108 valence electrons. The Balaban J connectivity index is 1.66. The van der Waals surface area contributed by atoms with E-state index in [1.807, 2.05) is 6.07 Å². The number of benzene rings is 1. The van der Waals surface area contributed by atoms with Gasteiger partial charge in [0, 0.05) is 42.4 Å². The van der Waals surface area contributed by atoms with Gasteiger partial charge in [0.2, 0.25) is 0 Å². The normalized spacial score (nSPS) is 21.4. The number of ketones is 1. The van der Waals surface area contributed by atoms with Crippen molar-refractivity contribution in [1.82, 2.24) is 5.32 Å². The van der Waals surface area contributed by atoms with Gasteiger partial charge in [-0.1, -0.05) is 15.9 Å². The molecule has 2 heterocycles. The second-order valence-corrected chi connectivity index (χ2v) is 6.18. The second-order valence-electron chi connectivity index (χ2n) is 5.27. The molecule has 1 N–H and O–H groups in total. The first-order chi connectivity index (χ1) is 9.72. The van der Waals surface area contributed by atoms with E-state index in [0.29, 0.717) is 26.1 Å². The van der Waals surface area contributed by atoms with Crippen molar-refractivity contribution in [3.63, 3.8) is 0 Å². The van der Waals surface area contributed by atoms with Crippen LogP contribution in [0.1, 0.15) is 17.5 Å². The molecule has 1 atom stereocenters. The maximum Gasteiger partial charge on any atom is 0.140 e. The lowest BCUT2D eigenvalue weighted by molar-refractivity contribution is -0.121. The summed E-state index contributed by atoms with van der Waals surface area (Å²) in [4.78, 5) is 12.2. The van der Waals surface area contributed by atoms with E-state index in [9.17, 15) is 4.79 Å². The van der Waals surface area contributed by atoms with E-state index in [0.717, 1.165) is 35.3 Å². The number of Topliss-reactive ketones (excluding diaryl/α,β-unsaturated/α-hetero) is 1. The fourth-order valence-corrected chi connectivity index (χ4v) is 3.32. The van der Waals surface area contributed by atoms with Crippen LogP contribution in [0.25, 0.3) is 0 Å². The van der Waals surface area contributed by atoms with E-state index in [-0.39, 0.29) is 11.9 Å². The zero-order valence-corrected chi connectivity index (χ0v) is 12.9. The van der Waals surface area contributed by atoms with Crippen molar-refractivity contribution in [2.24, 2.45) is 0 Å². The fraction of sp³-hybridized carbons (Fsp3) is 0.533. The van der Waals surface area contributed by atoms with E-state index in [1.165, 1.54) is 5.56 Å². The van der Waals surface area contributed by atoms with Crippen molar-refractivity contribution >= 4 is 21.7 Å². The van der Waals surface area contributed by atoms with Gasteiger partial charge in [0.1, 0.15) is 11.5 Å². The Morgan fingerprint density at radius 3 is 3.10 bits per heavy atom. The van der Waals surface area contributed by atoms with Crippen molar-refractivity contribution in [3.05, 3.63) is 27.7 Å². The number of fused-ring (bicyclic) bond motifs is 1. The Morgan fingerprint density at radius 2 is 2.30 bits per heavy atom. The fourth-order valence-electron chi connectivity index (χ4n) is 2.77. The summed E-state index contributed by atoms with van der Waals surface area (Å²) in [6, 6.07) is 4.06. The third kappa shape index (κ3) is 3.22. The number of hydrogen-bond acceptors (Lipinski definition) is 4. The number of hydrogen-bond donors (Lipinski definition) is 1. The number of carbonyl (C=O) groups is 1. The highest BCUT2D eigenvalue weighted by atomic mass is 79.9. The highest BCUT2D eigenvalue weighted by Gasteiger charge is 2.22. The second kappa shape index (κ2) is 6.24. The van der Waals surface area contributed by atoms with Crippen LogP contribution in [0.2, 0.25) is 0 Å². The lowest BCUT2D eigenvalue weighted by atomic mass is 10.0. The third-order valence-electron chi connectivity index (χ3n) is 3.67. The van der Waals surface area contributed by atoms with Gasteiger partial charge >= 0.3 is 0 Å². The Bertz CT molecular complexity index is 512. The summed E-state index contributed by atoms with van der Waals surface area (Å²) in [5, 5.41) is 3.25. The van der Waals surface area contributed by atoms with Crippen LogP contribution in [-0.2, 0) is 22.4 Å². The molecule has 1 aromatic rings. The molecular weight excluding hydrogens is 322 g/mol. The van der Waals surface area contributed by atoms with E-state index in [4.69, 9.17) is 9.47 Å². The van der Waals surface area contributed by atoms with Crippen molar-refractivity contribution in [2.45, 2.75) is 25.4 Å². The standard InChI is InChI=1S/C15H18BrNO3/c16-12-5-10-1-3-20-15(10)11(6-12)7-13(18)8-14-9-17-2-4-19-14/h5-6,14,17H,1-4,7-9H2. The average molecular weight is 340 g/mol. The number of morpholine rings is 1. The maximum atomic E-state index is 12.2. The topological polar surface area (TPSA) is 47.6 Å². The molecule has 0 aliphatic carbocycles. The molecule has 20 heavy (non-hydrogen) atoms. The average Bonchev–Trinajstić information content (AvgIpc) is 2.88. The van der Waals surface area contributed by atoms with Gasteiger partial charge in [-0.05, 0) is 17.7 Å². The highest BCUT2D eigenvalue weighted by molar-refractivity contribution is 9.10. The summed E-state index contributed by atoms with van der Waals surface area (Å²) in [7, 11) is 0. The Kier molecular flexibility index (Phi) is 4.38. The van der Waals surface area contributed by atoms with E-state index in [2.05, 4.69) is 27.3 Å². The lowest BCUT2D eigenvalue weighted by Crippen LogP contribution is -2.39. The van der Waals surface area contributed by atoms with Crippen molar-refractivity contribution in [3.8, 4) is 5.75 Å². The van der Waals surface area contributed by atoms with E-state index < -0.39 is 0 Å². The lowest BCUT2D eigenvalue weighted by Gasteiger charge is -2.23. The molecule has 5 heteroatoms. The highest BCUT2D eigenvalue weighted by Crippen LogP contribution is 2.33. The molecule has 0 radical (unpaired) electrons. The van der Waals surface area contributed by atoms with E-state index in [1.54, 1.807) is 0 Å². The summed E-state index contributed by atoms with van der Waals surface area (Å²) >= 11 is 3.50. The molecule has 2 aliphatic rings. The minimum Gasteiger partial charge on any atom is -0.493 e. The number of ether oxygens (including phenoxy) is 2. The molecule has 1 aromatic carbocycles. The summed E-state index contributed by atoms with van der Waals surface area (Å²) in [5.74, 6) is 1.11. The van der Waals surface area contributed by atoms with Crippen LogP contribution >= 0.6 is 15.9 Å². The Hall–Kier alpha value is -0.910. The van der Waals surface area contributed by atoms with Crippen LogP contribution in [-0.4, -0.2) is 38.2 Å². The van der Waals surface area contributed by atoms with E-state index >= 15 is 0 Å². The van der Waals surface area contributed by atoms with Gasteiger partial charge in [0.15, 0.2) is 0 Å². The van der Waals surface area contributed by atoms with Gasteiger partial charge < -0.3 is 14.8 Å².